The molecule has 0 amide bonds. The molecular weight excluding hydrogens is 443 g/mol. The SMILES string of the molecule is CCCC1CCCCC1C(C)c1c(F)c(F)c(-c2ccc(-c3ccccc3)cc2F)c(F)c1F. The van der Waals surface area contributed by atoms with Crippen LogP contribution in [0.2, 0.25) is 0 Å². The van der Waals surface area contributed by atoms with E-state index in [9.17, 15) is 4.39 Å². The first-order chi connectivity index (χ1) is 16.3. The molecule has 3 aromatic carbocycles. The first kappa shape index (κ1) is 24.4. The fraction of sp³-hybridized carbons (Fsp3) is 0.379. The van der Waals surface area contributed by atoms with Crippen LogP contribution in [0.3, 0.4) is 0 Å². The van der Waals surface area contributed by atoms with Gasteiger partial charge in [0.15, 0.2) is 23.3 Å². The van der Waals surface area contributed by atoms with Crippen LogP contribution in [0.15, 0.2) is 48.5 Å². The molecule has 0 bridgehead atoms. The largest absolute Gasteiger partial charge is 0.206 e. The van der Waals surface area contributed by atoms with Crippen LogP contribution in [0.1, 0.15) is 63.9 Å². The van der Waals surface area contributed by atoms with Gasteiger partial charge in [0.25, 0.3) is 0 Å². The Balaban J connectivity index is 1.76. The molecule has 180 valence electrons. The summed E-state index contributed by atoms with van der Waals surface area (Å²) < 4.78 is 75.9. The van der Waals surface area contributed by atoms with Crippen LogP contribution in [0.5, 0.6) is 0 Å². The van der Waals surface area contributed by atoms with E-state index in [0.29, 0.717) is 11.1 Å². The molecule has 3 atom stereocenters. The van der Waals surface area contributed by atoms with E-state index in [1.807, 2.05) is 6.07 Å². The molecule has 0 spiro atoms. The maximum atomic E-state index is 15.3. The molecule has 3 unspecified atom stereocenters. The summed E-state index contributed by atoms with van der Waals surface area (Å²) in [6.07, 6.45) is 5.57. The number of rotatable bonds is 6. The molecule has 34 heavy (non-hydrogen) atoms. The van der Waals surface area contributed by atoms with Crippen LogP contribution in [0, 0.1) is 40.9 Å². The predicted octanol–water partition coefficient (Wildman–Crippen LogP) is 9.43. The summed E-state index contributed by atoms with van der Waals surface area (Å²) in [6, 6.07) is 12.7. The Morgan fingerprint density at radius 3 is 2.06 bits per heavy atom. The van der Waals surface area contributed by atoms with E-state index in [1.54, 1.807) is 31.2 Å². The van der Waals surface area contributed by atoms with Crippen LogP contribution >= 0.6 is 0 Å². The molecule has 4 rings (SSSR count). The van der Waals surface area contributed by atoms with E-state index in [0.717, 1.165) is 44.6 Å². The normalized spacial score (nSPS) is 19.3. The van der Waals surface area contributed by atoms with Crippen LogP contribution < -0.4 is 0 Å². The second-order valence-electron chi connectivity index (χ2n) is 9.39. The molecule has 0 N–H and O–H groups in total. The minimum absolute atomic E-state index is 0.0516. The van der Waals surface area contributed by atoms with Gasteiger partial charge in [-0.3, -0.25) is 0 Å². The highest BCUT2D eigenvalue weighted by Crippen LogP contribution is 2.45. The highest BCUT2D eigenvalue weighted by atomic mass is 19.2. The van der Waals surface area contributed by atoms with Crippen molar-refractivity contribution in [1.29, 1.82) is 0 Å². The van der Waals surface area contributed by atoms with Crippen LogP contribution in [-0.4, -0.2) is 0 Å². The van der Waals surface area contributed by atoms with Gasteiger partial charge in [-0.1, -0.05) is 88.4 Å². The van der Waals surface area contributed by atoms with Gasteiger partial charge < -0.3 is 0 Å². The van der Waals surface area contributed by atoms with Crippen molar-refractivity contribution in [2.75, 3.05) is 0 Å². The second kappa shape index (κ2) is 10.3. The summed E-state index contributed by atoms with van der Waals surface area (Å²) in [5.74, 6) is -7.35. The Kier molecular flexibility index (Phi) is 7.39. The smallest absolute Gasteiger partial charge is 0.170 e. The number of halogens is 5. The van der Waals surface area contributed by atoms with Crippen molar-refractivity contribution >= 4 is 0 Å². The molecule has 0 aromatic heterocycles. The van der Waals surface area contributed by atoms with Gasteiger partial charge >= 0.3 is 0 Å². The van der Waals surface area contributed by atoms with Crippen molar-refractivity contribution < 1.29 is 22.0 Å². The van der Waals surface area contributed by atoms with Crippen molar-refractivity contribution in [2.24, 2.45) is 11.8 Å². The van der Waals surface area contributed by atoms with E-state index >= 15 is 17.6 Å². The molecule has 3 aromatic rings. The zero-order valence-electron chi connectivity index (χ0n) is 19.5. The van der Waals surface area contributed by atoms with Gasteiger partial charge in [0.1, 0.15) is 5.82 Å². The molecule has 1 aliphatic rings. The molecule has 5 heteroatoms. The standard InChI is InChI=1S/C29H29F5/c1-3-9-19-12-7-8-13-21(19)17(2)24-26(31)28(33)25(29(34)27(24)32)22-15-14-20(16-23(22)30)18-10-5-4-6-11-18/h4-6,10-11,14-17,19,21H,3,7-9,12-13H2,1-2H3. The van der Waals surface area contributed by atoms with Crippen molar-refractivity contribution in [2.45, 2.75) is 58.3 Å². The van der Waals surface area contributed by atoms with Gasteiger partial charge in [-0.05, 0) is 41.4 Å². The van der Waals surface area contributed by atoms with Gasteiger partial charge in [0.2, 0.25) is 0 Å². The summed E-state index contributed by atoms with van der Waals surface area (Å²) in [6.45, 7) is 3.71. The second-order valence-corrected chi connectivity index (χ2v) is 9.39. The quantitative estimate of drug-likeness (QED) is 0.248. The summed E-state index contributed by atoms with van der Waals surface area (Å²) in [5, 5.41) is 0. The lowest BCUT2D eigenvalue weighted by atomic mass is 9.69. The molecule has 1 aliphatic carbocycles. The maximum Gasteiger partial charge on any atom is 0.170 e. The predicted molar refractivity (Wildman–Crippen MR) is 126 cm³/mol. The Labute approximate surface area is 197 Å². The number of hydrogen-bond acceptors (Lipinski definition) is 0. The third-order valence-electron chi connectivity index (χ3n) is 7.37. The molecule has 0 heterocycles. The Bertz CT molecular complexity index is 1120. The highest BCUT2D eigenvalue weighted by Gasteiger charge is 2.36. The minimum Gasteiger partial charge on any atom is -0.206 e. The fourth-order valence-corrected chi connectivity index (χ4v) is 5.65. The third-order valence-corrected chi connectivity index (χ3v) is 7.37. The van der Waals surface area contributed by atoms with Crippen molar-refractivity contribution in [3.05, 3.63) is 83.2 Å². The Morgan fingerprint density at radius 2 is 1.44 bits per heavy atom. The highest BCUT2D eigenvalue weighted by molar-refractivity contribution is 5.72. The molecule has 0 radical (unpaired) electrons. The first-order valence-electron chi connectivity index (χ1n) is 12.1. The minimum atomic E-state index is -1.55. The summed E-state index contributed by atoms with van der Waals surface area (Å²) >= 11 is 0. The van der Waals surface area contributed by atoms with Crippen molar-refractivity contribution in [3.63, 3.8) is 0 Å². The maximum absolute atomic E-state index is 15.3. The van der Waals surface area contributed by atoms with Crippen molar-refractivity contribution in [3.8, 4) is 22.3 Å². The zero-order chi connectivity index (χ0) is 24.4. The topological polar surface area (TPSA) is 0 Å². The lowest BCUT2D eigenvalue weighted by Gasteiger charge is -2.36. The molecular formula is C29H29F5. The van der Waals surface area contributed by atoms with Crippen molar-refractivity contribution in [1.82, 2.24) is 0 Å². The van der Waals surface area contributed by atoms with E-state index in [-0.39, 0.29) is 11.8 Å². The van der Waals surface area contributed by atoms with E-state index in [4.69, 9.17) is 0 Å². The van der Waals surface area contributed by atoms with Crippen LogP contribution in [0.25, 0.3) is 22.3 Å². The summed E-state index contributed by atoms with van der Waals surface area (Å²) in [4.78, 5) is 0. The molecule has 0 aliphatic heterocycles. The Morgan fingerprint density at radius 1 is 0.794 bits per heavy atom. The fourth-order valence-electron chi connectivity index (χ4n) is 5.65. The summed E-state index contributed by atoms with van der Waals surface area (Å²) in [5.41, 5.74) is -0.865. The lowest BCUT2D eigenvalue weighted by Crippen LogP contribution is -2.26. The Hall–Kier alpha value is -2.69. The van der Waals surface area contributed by atoms with Crippen LogP contribution in [-0.2, 0) is 0 Å². The van der Waals surface area contributed by atoms with Gasteiger partial charge in [-0.25, -0.2) is 22.0 Å². The van der Waals surface area contributed by atoms with Gasteiger partial charge in [-0.15, -0.1) is 0 Å². The number of hydrogen-bond donors (Lipinski definition) is 0. The summed E-state index contributed by atoms with van der Waals surface area (Å²) in [7, 11) is 0. The molecule has 0 nitrogen and oxygen atoms in total. The number of benzene rings is 3. The third kappa shape index (κ3) is 4.49. The van der Waals surface area contributed by atoms with E-state index in [1.165, 1.54) is 12.1 Å². The first-order valence-corrected chi connectivity index (χ1v) is 12.1. The van der Waals surface area contributed by atoms with Gasteiger partial charge in [0, 0.05) is 11.1 Å². The molecule has 0 saturated heterocycles. The van der Waals surface area contributed by atoms with Gasteiger partial charge in [0.05, 0.1) is 5.56 Å². The average molecular weight is 473 g/mol. The lowest BCUT2D eigenvalue weighted by molar-refractivity contribution is 0.189. The van der Waals surface area contributed by atoms with E-state index < -0.39 is 51.7 Å². The average Bonchev–Trinajstić information content (AvgIpc) is 2.85. The van der Waals surface area contributed by atoms with E-state index in [2.05, 4.69) is 6.92 Å². The van der Waals surface area contributed by atoms with Crippen LogP contribution in [0.4, 0.5) is 22.0 Å². The zero-order valence-corrected chi connectivity index (χ0v) is 19.5. The monoisotopic (exact) mass is 472 g/mol. The molecule has 1 saturated carbocycles. The van der Waals surface area contributed by atoms with Gasteiger partial charge in [-0.2, -0.15) is 0 Å². The molecule has 1 fully saturated rings.